The second-order valence-corrected chi connectivity index (χ2v) is 9.48. The molecule has 170 valence electrons. The molecule has 1 aliphatic heterocycles. The minimum Gasteiger partial charge on any atom is -0.508 e. The number of anilines is 2. The van der Waals surface area contributed by atoms with Crippen LogP contribution < -0.4 is 10.6 Å². The second-order valence-electron chi connectivity index (χ2n) is 9.48. The van der Waals surface area contributed by atoms with E-state index >= 15 is 0 Å². The molecule has 0 bridgehead atoms. The topological polar surface area (TPSA) is 52.7 Å². The van der Waals surface area contributed by atoms with Crippen molar-refractivity contribution < 1.29 is 5.11 Å². The smallest absolute Gasteiger partial charge is 0.116 e. The molecule has 0 saturated carbocycles. The molecule has 2 aliphatic rings. The van der Waals surface area contributed by atoms with Crippen molar-refractivity contribution in [2.75, 3.05) is 36.8 Å². The van der Waals surface area contributed by atoms with E-state index in [0.29, 0.717) is 11.8 Å². The van der Waals surface area contributed by atoms with Gasteiger partial charge in [-0.1, -0.05) is 30.3 Å². The molecule has 5 rings (SSSR count). The first-order valence-corrected chi connectivity index (χ1v) is 12.0. The van der Waals surface area contributed by atoms with Gasteiger partial charge in [-0.05, 0) is 96.5 Å². The number of hydrogen-bond acceptors (Lipinski definition) is 4. The number of aryl methyl sites for hydroxylation is 1. The summed E-state index contributed by atoms with van der Waals surface area (Å²) in [5.41, 5.74) is 15.4. The van der Waals surface area contributed by atoms with Crippen molar-refractivity contribution in [3.8, 4) is 5.75 Å². The van der Waals surface area contributed by atoms with E-state index in [-0.39, 0.29) is 0 Å². The molecule has 0 atom stereocenters. The van der Waals surface area contributed by atoms with Gasteiger partial charge in [-0.15, -0.1) is 0 Å². The normalized spacial score (nSPS) is 16.9. The molecule has 4 nitrogen and oxygen atoms in total. The summed E-state index contributed by atoms with van der Waals surface area (Å²) in [4.78, 5) is 5.02. The summed E-state index contributed by atoms with van der Waals surface area (Å²) in [5, 5.41) is 10.3. The Hall–Kier alpha value is -3.24. The first-order valence-electron chi connectivity index (χ1n) is 12.0. The van der Waals surface area contributed by atoms with Gasteiger partial charge in [0.1, 0.15) is 5.75 Å². The maximum Gasteiger partial charge on any atom is 0.116 e. The van der Waals surface area contributed by atoms with Gasteiger partial charge in [-0.2, -0.15) is 0 Å². The average molecular weight is 440 g/mol. The Bertz CT molecular complexity index is 1170. The van der Waals surface area contributed by atoms with Crippen LogP contribution in [0.5, 0.6) is 5.75 Å². The van der Waals surface area contributed by atoms with E-state index in [9.17, 15) is 5.11 Å². The minimum absolute atomic E-state index is 0.305. The lowest BCUT2D eigenvalue weighted by molar-refractivity contribution is 0.209. The van der Waals surface area contributed by atoms with Crippen LogP contribution in [0.1, 0.15) is 42.5 Å². The summed E-state index contributed by atoms with van der Waals surface area (Å²) >= 11 is 0. The third kappa shape index (κ3) is 4.36. The highest BCUT2D eigenvalue weighted by Gasteiger charge is 2.23. The number of hydrogen-bond donors (Lipinski definition) is 2. The molecule has 1 heterocycles. The monoisotopic (exact) mass is 439 g/mol. The predicted molar refractivity (Wildman–Crippen MR) is 139 cm³/mol. The summed E-state index contributed by atoms with van der Waals surface area (Å²) in [6.07, 6.45) is 1.91. The molecule has 3 aromatic carbocycles. The first-order chi connectivity index (χ1) is 16.0. The number of piperazine rings is 1. The van der Waals surface area contributed by atoms with Crippen molar-refractivity contribution in [1.82, 2.24) is 4.90 Å². The maximum atomic E-state index is 10.3. The Morgan fingerprint density at radius 1 is 0.818 bits per heavy atom. The molecule has 3 aromatic rings. The molecule has 0 radical (unpaired) electrons. The molecule has 4 heteroatoms. The number of benzene rings is 3. The molecule has 1 aliphatic carbocycles. The van der Waals surface area contributed by atoms with E-state index in [4.69, 9.17) is 5.73 Å². The minimum atomic E-state index is 0.305. The van der Waals surface area contributed by atoms with Crippen LogP contribution in [0.2, 0.25) is 0 Å². The Morgan fingerprint density at radius 3 is 2.27 bits per heavy atom. The lowest BCUT2D eigenvalue weighted by Crippen LogP contribution is -2.48. The fraction of sp³-hybridized carbons (Fsp3) is 0.310. The summed E-state index contributed by atoms with van der Waals surface area (Å²) in [6.45, 7) is 8.89. The molecule has 1 fully saturated rings. The van der Waals surface area contributed by atoms with E-state index in [0.717, 1.165) is 55.8 Å². The number of aromatic hydroxyl groups is 1. The van der Waals surface area contributed by atoms with Crippen LogP contribution in [0.4, 0.5) is 11.4 Å². The van der Waals surface area contributed by atoms with Gasteiger partial charge in [0.25, 0.3) is 0 Å². The third-order valence-corrected chi connectivity index (χ3v) is 7.11. The van der Waals surface area contributed by atoms with Gasteiger partial charge in [0.15, 0.2) is 0 Å². The average Bonchev–Trinajstić information content (AvgIpc) is 2.83. The molecule has 1 saturated heterocycles. The predicted octanol–water partition coefficient (Wildman–Crippen LogP) is 5.41. The molecular weight excluding hydrogens is 406 g/mol. The van der Waals surface area contributed by atoms with Gasteiger partial charge in [0, 0.05) is 43.6 Å². The number of nitrogens with zero attached hydrogens (tertiary/aromatic N) is 2. The Balaban J connectivity index is 1.53. The van der Waals surface area contributed by atoms with E-state index in [2.05, 4.69) is 66.1 Å². The Kier molecular flexibility index (Phi) is 5.86. The molecular formula is C29H33N3O. The molecule has 0 unspecified atom stereocenters. The van der Waals surface area contributed by atoms with Crippen LogP contribution in [0.15, 0.2) is 66.7 Å². The van der Waals surface area contributed by atoms with Crippen LogP contribution in [-0.4, -0.2) is 42.2 Å². The van der Waals surface area contributed by atoms with Crippen LogP contribution in [-0.2, 0) is 6.42 Å². The number of nitrogen functional groups attached to an aromatic ring is 1. The number of phenolic OH excluding ortho intramolecular Hbond substituents is 1. The standard InChI is InChI=1S/C29H33N3O/c1-20(2)31-14-16-32(17-15-31)25-10-6-22(7-11-25)29-27(23-4-3-5-24(30)18-23)13-9-21-8-12-26(33)19-28(21)29/h3-8,10-12,18-20,33H,9,13-17,30H2,1-2H3. The van der Waals surface area contributed by atoms with Crippen molar-refractivity contribution in [3.63, 3.8) is 0 Å². The summed E-state index contributed by atoms with van der Waals surface area (Å²) in [5.74, 6) is 0.305. The van der Waals surface area contributed by atoms with E-state index in [1.54, 1.807) is 6.07 Å². The fourth-order valence-electron chi connectivity index (χ4n) is 5.24. The molecule has 0 aromatic heterocycles. The second kappa shape index (κ2) is 8.95. The molecule has 3 N–H and O–H groups in total. The van der Waals surface area contributed by atoms with Crippen molar-refractivity contribution in [2.45, 2.75) is 32.7 Å². The van der Waals surface area contributed by atoms with Crippen LogP contribution in [0.25, 0.3) is 11.1 Å². The number of nitrogens with two attached hydrogens (primary N) is 1. The van der Waals surface area contributed by atoms with Gasteiger partial charge >= 0.3 is 0 Å². The van der Waals surface area contributed by atoms with Gasteiger partial charge in [-0.3, -0.25) is 4.90 Å². The van der Waals surface area contributed by atoms with Gasteiger partial charge in [0.05, 0.1) is 0 Å². The van der Waals surface area contributed by atoms with Crippen molar-refractivity contribution in [3.05, 3.63) is 89.0 Å². The van der Waals surface area contributed by atoms with Crippen LogP contribution in [0, 0.1) is 0 Å². The highest BCUT2D eigenvalue weighted by molar-refractivity contribution is 6.01. The highest BCUT2D eigenvalue weighted by atomic mass is 16.3. The lowest BCUT2D eigenvalue weighted by atomic mass is 9.79. The number of rotatable bonds is 4. The zero-order valence-corrected chi connectivity index (χ0v) is 19.6. The van der Waals surface area contributed by atoms with Crippen molar-refractivity contribution in [1.29, 1.82) is 0 Å². The first kappa shape index (κ1) is 21.6. The van der Waals surface area contributed by atoms with Crippen molar-refractivity contribution >= 4 is 22.5 Å². The fourth-order valence-corrected chi connectivity index (χ4v) is 5.24. The van der Waals surface area contributed by atoms with Crippen molar-refractivity contribution in [2.24, 2.45) is 0 Å². The Morgan fingerprint density at radius 2 is 1.58 bits per heavy atom. The van der Waals surface area contributed by atoms with Crippen LogP contribution in [0.3, 0.4) is 0 Å². The summed E-state index contributed by atoms with van der Waals surface area (Å²) < 4.78 is 0. The van der Waals surface area contributed by atoms with Gasteiger partial charge in [0.2, 0.25) is 0 Å². The zero-order chi connectivity index (χ0) is 22.9. The number of allylic oxidation sites excluding steroid dienone is 1. The quantitative estimate of drug-likeness (QED) is 0.534. The molecule has 0 spiro atoms. The lowest BCUT2D eigenvalue weighted by Gasteiger charge is -2.38. The van der Waals surface area contributed by atoms with E-state index in [1.807, 2.05) is 18.2 Å². The van der Waals surface area contributed by atoms with Crippen LogP contribution >= 0.6 is 0 Å². The van der Waals surface area contributed by atoms with E-state index < -0.39 is 0 Å². The SMILES string of the molecule is CC(C)N1CCN(c2ccc(C3=C(c4cccc(N)c4)CCc4ccc(O)cc43)cc2)CC1. The zero-order valence-electron chi connectivity index (χ0n) is 19.6. The largest absolute Gasteiger partial charge is 0.508 e. The molecule has 33 heavy (non-hydrogen) atoms. The third-order valence-electron chi connectivity index (χ3n) is 7.11. The number of fused-ring (bicyclic) bond motifs is 1. The summed E-state index contributed by atoms with van der Waals surface area (Å²) in [6, 6.07) is 23.5. The van der Waals surface area contributed by atoms with Gasteiger partial charge in [-0.25, -0.2) is 0 Å². The number of phenols is 1. The van der Waals surface area contributed by atoms with E-state index in [1.165, 1.54) is 28.0 Å². The maximum absolute atomic E-state index is 10.3. The highest BCUT2D eigenvalue weighted by Crippen LogP contribution is 2.42. The van der Waals surface area contributed by atoms with Gasteiger partial charge < -0.3 is 15.7 Å². The Labute approximate surface area is 197 Å². The summed E-state index contributed by atoms with van der Waals surface area (Å²) in [7, 11) is 0. The molecule has 0 amide bonds.